The second-order valence-corrected chi connectivity index (χ2v) is 3.58. The molecule has 6 heteroatoms. The number of pyridine rings is 1. The molecule has 1 heterocycles. The summed E-state index contributed by atoms with van der Waals surface area (Å²) in [5.74, 6) is -1.32. The standard InChI is InChI=1S/C11H15N3O3/c12-9(11(16)17)4-5-10(15)14-7-8-3-1-2-6-13-8/h1-3,6,9H,4-5,7,12H2,(H,14,15)(H,16,17)/t9-/m0/s1. The Morgan fingerprint density at radius 3 is 2.82 bits per heavy atom. The third-order valence-corrected chi connectivity index (χ3v) is 2.19. The van der Waals surface area contributed by atoms with Gasteiger partial charge in [-0.25, -0.2) is 0 Å². The summed E-state index contributed by atoms with van der Waals surface area (Å²) in [5, 5.41) is 11.2. The zero-order valence-electron chi connectivity index (χ0n) is 9.30. The van der Waals surface area contributed by atoms with E-state index in [1.54, 1.807) is 18.3 Å². The molecule has 1 rings (SSSR count). The van der Waals surface area contributed by atoms with Gasteiger partial charge in [0.25, 0.3) is 0 Å². The highest BCUT2D eigenvalue weighted by Crippen LogP contribution is 1.96. The first kappa shape index (κ1) is 13.1. The number of aliphatic carboxylic acids is 1. The Hall–Kier alpha value is -1.95. The van der Waals surface area contributed by atoms with Crippen LogP contribution in [0.4, 0.5) is 0 Å². The molecule has 0 fully saturated rings. The summed E-state index contributed by atoms with van der Waals surface area (Å²) < 4.78 is 0. The zero-order chi connectivity index (χ0) is 12.7. The number of carbonyl (C=O) groups excluding carboxylic acids is 1. The largest absolute Gasteiger partial charge is 0.480 e. The van der Waals surface area contributed by atoms with E-state index >= 15 is 0 Å². The summed E-state index contributed by atoms with van der Waals surface area (Å²) in [4.78, 5) is 25.8. The fourth-order valence-electron chi connectivity index (χ4n) is 1.19. The molecule has 0 radical (unpaired) electrons. The van der Waals surface area contributed by atoms with Crippen LogP contribution in [-0.2, 0) is 16.1 Å². The molecule has 6 nitrogen and oxygen atoms in total. The van der Waals surface area contributed by atoms with E-state index in [1.165, 1.54) is 0 Å². The number of carbonyl (C=O) groups is 2. The van der Waals surface area contributed by atoms with Crippen LogP contribution in [0.1, 0.15) is 18.5 Å². The first-order valence-corrected chi connectivity index (χ1v) is 5.24. The number of aromatic nitrogens is 1. The highest BCUT2D eigenvalue weighted by molar-refractivity contribution is 5.78. The van der Waals surface area contributed by atoms with E-state index in [2.05, 4.69) is 10.3 Å². The quantitative estimate of drug-likeness (QED) is 0.640. The van der Waals surface area contributed by atoms with Crippen molar-refractivity contribution in [2.24, 2.45) is 5.73 Å². The maximum atomic E-state index is 11.4. The predicted molar refractivity (Wildman–Crippen MR) is 60.9 cm³/mol. The molecule has 0 aliphatic heterocycles. The second-order valence-electron chi connectivity index (χ2n) is 3.58. The van der Waals surface area contributed by atoms with Crippen LogP contribution in [0, 0.1) is 0 Å². The molecule has 1 aromatic heterocycles. The van der Waals surface area contributed by atoms with Crippen LogP contribution in [-0.4, -0.2) is 28.0 Å². The number of amides is 1. The fraction of sp³-hybridized carbons (Fsp3) is 0.364. The van der Waals surface area contributed by atoms with Crippen LogP contribution >= 0.6 is 0 Å². The lowest BCUT2D eigenvalue weighted by Crippen LogP contribution is -2.32. The number of nitrogens with one attached hydrogen (secondary N) is 1. The normalized spacial score (nSPS) is 11.8. The van der Waals surface area contributed by atoms with Crippen molar-refractivity contribution in [3.05, 3.63) is 30.1 Å². The maximum absolute atomic E-state index is 11.4. The van der Waals surface area contributed by atoms with Crippen molar-refractivity contribution in [3.8, 4) is 0 Å². The highest BCUT2D eigenvalue weighted by Gasteiger charge is 2.13. The summed E-state index contributed by atoms with van der Waals surface area (Å²) in [6, 6.07) is 4.42. The van der Waals surface area contributed by atoms with Crippen molar-refractivity contribution in [1.29, 1.82) is 0 Å². The van der Waals surface area contributed by atoms with E-state index in [9.17, 15) is 9.59 Å². The van der Waals surface area contributed by atoms with E-state index < -0.39 is 12.0 Å². The molecule has 0 spiro atoms. The third-order valence-electron chi connectivity index (χ3n) is 2.19. The minimum absolute atomic E-state index is 0.0975. The molecule has 0 bridgehead atoms. The van der Waals surface area contributed by atoms with Gasteiger partial charge in [0, 0.05) is 12.6 Å². The van der Waals surface area contributed by atoms with Gasteiger partial charge in [-0.05, 0) is 18.6 Å². The number of hydrogen-bond donors (Lipinski definition) is 3. The van der Waals surface area contributed by atoms with Gasteiger partial charge in [0.1, 0.15) is 6.04 Å². The van der Waals surface area contributed by atoms with Crippen LogP contribution in [0.15, 0.2) is 24.4 Å². The van der Waals surface area contributed by atoms with Gasteiger partial charge < -0.3 is 16.2 Å². The summed E-state index contributed by atoms with van der Waals surface area (Å²) in [6.07, 6.45) is 1.87. The maximum Gasteiger partial charge on any atom is 0.320 e. The molecular weight excluding hydrogens is 222 g/mol. The van der Waals surface area contributed by atoms with Crippen molar-refractivity contribution in [2.45, 2.75) is 25.4 Å². The molecule has 0 aliphatic carbocycles. The van der Waals surface area contributed by atoms with Crippen LogP contribution in [0.5, 0.6) is 0 Å². The molecule has 92 valence electrons. The Kier molecular flexibility index (Phi) is 5.09. The van der Waals surface area contributed by atoms with E-state index in [-0.39, 0.29) is 18.7 Å². The summed E-state index contributed by atoms with van der Waals surface area (Å²) in [6.45, 7) is 0.335. The molecule has 0 saturated carbocycles. The van der Waals surface area contributed by atoms with Crippen molar-refractivity contribution in [3.63, 3.8) is 0 Å². The number of carboxylic acid groups (broad SMARTS) is 1. The van der Waals surface area contributed by atoms with Crippen LogP contribution in [0.25, 0.3) is 0 Å². The second kappa shape index (κ2) is 6.59. The van der Waals surface area contributed by atoms with Gasteiger partial charge in [-0.2, -0.15) is 0 Å². The monoisotopic (exact) mass is 237 g/mol. The number of rotatable bonds is 6. The van der Waals surface area contributed by atoms with Crippen molar-refractivity contribution < 1.29 is 14.7 Å². The minimum Gasteiger partial charge on any atom is -0.480 e. The third kappa shape index (κ3) is 5.07. The molecule has 0 unspecified atom stereocenters. The van der Waals surface area contributed by atoms with E-state index in [1.807, 2.05) is 6.07 Å². The average molecular weight is 237 g/mol. The molecular formula is C11H15N3O3. The SMILES string of the molecule is N[C@@H](CCC(=O)NCc1ccccn1)C(=O)O. The Balaban J connectivity index is 2.24. The topological polar surface area (TPSA) is 105 Å². The Labute approximate surface area is 98.8 Å². The van der Waals surface area contributed by atoms with Crippen molar-refractivity contribution >= 4 is 11.9 Å². The van der Waals surface area contributed by atoms with Gasteiger partial charge >= 0.3 is 5.97 Å². The fourth-order valence-corrected chi connectivity index (χ4v) is 1.19. The smallest absolute Gasteiger partial charge is 0.320 e. The zero-order valence-corrected chi connectivity index (χ0v) is 9.30. The van der Waals surface area contributed by atoms with E-state index in [4.69, 9.17) is 10.8 Å². The van der Waals surface area contributed by atoms with Gasteiger partial charge in [0.15, 0.2) is 0 Å². The lowest BCUT2D eigenvalue weighted by molar-refractivity contribution is -0.138. The molecule has 1 aromatic rings. The highest BCUT2D eigenvalue weighted by atomic mass is 16.4. The van der Waals surface area contributed by atoms with Gasteiger partial charge in [-0.15, -0.1) is 0 Å². The van der Waals surface area contributed by atoms with E-state index in [0.29, 0.717) is 6.54 Å². The van der Waals surface area contributed by atoms with Gasteiger partial charge in [0.05, 0.1) is 12.2 Å². The van der Waals surface area contributed by atoms with Gasteiger partial charge in [0.2, 0.25) is 5.91 Å². The summed E-state index contributed by atoms with van der Waals surface area (Å²) >= 11 is 0. The minimum atomic E-state index is -1.09. The molecule has 1 atom stereocenters. The Morgan fingerprint density at radius 2 is 2.24 bits per heavy atom. The molecule has 0 aromatic carbocycles. The van der Waals surface area contributed by atoms with Crippen LogP contribution in [0.2, 0.25) is 0 Å². The number of carboxylic acids is 1. The van der Waals surface area contributed by atoms with Crippen molar-refractivity contribution in [2.75, 3.05) is 0 Å². The lowest BCUT2D eigenvalue weighted by Gasteiger charge is -2.07. The summed E-state index contributed by atoms with van der Waals surface area (Å²) in [5.41, 5.74) is 6.03. The molecule has 1 amide bonds. The Bertz CT molecular complexity index is 381. The molecule has 0 saturated heterocycles. The van der Waals surface area contributed by atoms with Crippen LogP contribution in [0.3, 0.4) is 0 Å². The first-order chi connectivity index (χ1) is 8.09. The number of hydrogen-bond acceptors (Lipinski definition) is 4. The van der Waals surface area contributed by atoms with Crippen LogP contribution < -0.4 is 11.1 Å². The lowest BCUT2D eigenvalue weighted by atomic mass is 10.1. The van der Waals surface area contributed by atoms with E-state index in [0.717, 1.165) is 5.69 Å². The first-order valence-electron chi connectivity index (χ1n) is 5.24. The van der Waals surface area contributed by atoms with Gasteiger partial charge in [-0.3, -0.25) is 14.6 Å². The number of nitrogens with two attached hydrogens (primary N) is 1. The van der Waals surface area contributed by atoms with Crippen molar-refractivity contribution in [1.82, 2.24) is 10.3 Å². The van der Waals surface area contributed by atoms with Gasteiger partial charge in [-0.1, -0.05) is 6.07 Å². The molecule has 4 N–H and O–H groups in total. The molecule has 17 heavy (non-hydrogen) atoms. The number of nitrogens with zero attached hydrogens (tertiary/aromatic N) is 1. The Morgan fingerprint density at radius 1 is 1.47 bits per heavy atom. The average Bonchev–Trinajstić information content (AvgIpc) is 2.34. The predicted octanol–water partition coefficient (Wildman–Crippen LogP) is -0.110. The molecule has 0 aliphatic rings. The summed E-state index contributed by atoms with van der Waals surface area (Å²) in [7, 11) is 0.